The molecule has 1 heterocycles. The average molecular weight is 475 g/mol. The monoisotopic (exact) mass is 474 g/mol. The van der Waals surface area contributed by atoms with Crippen molar-refractivity contribution in [3.63, 3.8) is 0 Å². The van der Waals surface area contributed by atoms with E-state index in [1.807, 2.05) is 72.2 Å². The fraction of sp³-hybridized carbons (Fsp3) is 0.259. The number of hydrogen-bond donors (Lipinski definition) is 0. The number of rotatable bonds is 11. The maximum atomic E-state index is 13.6. The number of sulfonamides is 1. The molecule has 0 spiro atoms. The molecule has 7 heteroatoms. The molecular formula is C27H30N4O2S. The summed E-state index contributed by atoms with van der Waals surface area (Å²) in [7, 11) is -3.68. The fourth-order valence-corrected chi connectivity index (χ4v) is 5.31. The Balaban J connectivity index is 1.51. The molecule has 0 amide bonds. The molecule has 34 heavy (non-hydrogen) atoms. The predicted octanol–water partition coefficient (Wildman–Crippen LogP) is 4.85. The van der Waals surface area contributed by atoms with Gasteiger partial charge >= 0.3 is 0 Å². The zero-order valence-electron chi connectivity index (χ0n) is 19.4. The van der Waals surface area contributed by atoms with Crippen LogP contribution in [0.2, 0.25) is 0 Å². The molecule has 0 saturated carbocycles. The summed E-state index contributed by atoms with van der Waals surface area (Å²) in [6.07, 6.45) is 4.24. The van der Waals surface area contributed by atoms with Crippen LogP contribution in [0.25, 0.3) is 0 Å². The summed E-state index contributed by atoms with van der Waals surface area (Å²) in [6, 6.07) is 27.3. The number of aryl methyl sites for hydroxylation is 2. The lowest BCUT2D eigenvalue weighted by Gasteiger charge is -2.22. The predicted molar refractivity (Wildman–Crippen MR) is 134 cm³/mol. The second-order valence-corrected chi connectivity index (χ2v) is 10.4. The van der Waals surface area contributed by atoms with E-state index in [0.717, 1.165) is 30.4 Å². The first-order chi connectivity index (χ1) is 16.5. The second-order valence-electron chi connectivity index (χ2n) is 8.46. The van der Waals surface area contributed by atoms with Gasteiger partial charge in [0.05, 0.1) is 18.0 Å². The first kappa shape index (κ1) is 23.9. The van der Waals surface area contributed by atoms with Crippen LogP contribution in [0.5, 0.6) is 0 Å². The normalized spacial score (nSPS) is 11.7. The molecule has 0 bridgehead atoms. The Labute approximate surface area is 202 Å². The van der Waals surface area contributed by atoms with Gasteiger partial charge in [-0.1, -0.05) is 78.4 Å². The summed E-state index contributed by atoms with van der Waals surface area (Å²) in [5, 5.41) is 8.32. The van der Waals surface area contributed by atoms with Crippen molar-refractivity contribution in [2.24, 2.45) is 0 Å². The topological polar surface area (TPSA) is 68.1 Å². The van der Waals surface area contributed by atoms with E-state index in [9.17, 15) is 8.42 Å². The zero-order chi connectivity index (χ0) is 23.8. The number of aromatic nitrogens is 3. The minimum atomic E-state index is -3.68. The highest BCUT2D eigenvalue weighted by Gasteiger charge is 2.26. The van der Waals surface area contributed by atoms with Crippen molar-refractivity contribution >= 4 is 10.0 Å². The summed E-state index contributed by atoms with van der Waals surface area (Å²) in [6.45, 7) is 3.13. The van der Waals surface area contributed by atoms with Crippen LogP contribution >= 0.6 is 0 Å². The molecule has 6 nitrogen and oxygen atoms in total. The Bertz CT molecular complexity index is 1270. The summed E-state index contributed by atoms with van der Waals surface area (Å²) in [4.78, 5) is 0.301. The number of unbranched alkanes of at least 4 members (excludes halogenated alkanes) is 1. The third-order valence-electron chi connectivity index (χ3n) is 5.83. The quantitative estimate of drug-likeness (QED) is 0.292. The maximum absolute atomic E-state index is 13.6. The van der Waals surface area contributed by atoms with Gasteiger partial charge in [0.15, 0.2) is 0 Å². The lowest BCUT2D eigenvalue weighted by atomic mass is 10.1. The van der Waals surface area contributed by atoms with E-state index in [-0.39, 0.29) is 6.54 Å². The highest BCUT2D eigenvalue weighted by molar-refractivity contribution is 7.89. The van der Waals surface area contributed by atoms with E-state index in [1.165, 1.54) is 9.87 Å². The smallest absolute Gasteiger partial charge is 0.243 e. The van der Waals surface area contributed by atoms with E-state index in [1.54, 1.807) is 18.5 Å². The van der Waals surface area contributed by atoms with Crippen molar-refractivity contribution in [1.82, 2.24) is 19.1 Å². The first-order valence-electron chi connectivity index (χ1n) is 11.5. The molecule has 4 aromatic rings. The number of nitrogens with zero attached hydrogens (tertiary/aromatic N) is 4. The van der Waals surface area contributed by atoms with Crippen LogP contribution in [0, 0.1) is 6.92 Å². The van der Waals surface area contributed by atoms with Crippen molar-refractivity contribution in [1.29, 1.82) is 0 Å². The van der Waals surface area contributed by atoms with Gasteiger partial charge in [-0.3, -0.25) is 0 Å². The van der Waals surface area contributed by atoms with Crippen LogP contribution in [0.3, 0.4) is 0 Å². The van der Waals surface area contributed by atoms with Crippen LogP contribution in [-0.2, 0) is 29.5 Å². The molecule has 0 unspecified atom stereocenters. The molecule has 0 radical (unpaired) electrons. The molecule has 0 N–H and O–H groups in total. The number of hydrogen-bond acceptors (Lipinski definition) is 4. The third-order valence-corrected chi connectivity index (χ3v) is 7.69. The van der Waals surface area contributed by atoms with Crippen molar-refractivity contribution in [2.75, 3.05) is 6.54 Å². The summed E-state index contributed by atoms with van der Waals surface area (Å²) < 4.78 is 30.6. The standard InChI is InChI=1S/C27H30N4O2S/c1-23-15-17-26(18-16-23)34(32,33)31(19-9-8-12-24-10-4-2-5-11-24)21-27-29-28-22-30(27)20-25-13-6-3-7-14-25/h2-7,10-11,13-18,22H,8-9,12,19-21H2,1H3. The Hall–Kier alpha value is -3.29. The Kier molecular flexibility index (Phi) is 7.87. The Morgan fingerprint density at radius 3 is 2.15 bits per heavy atom. The van der Waals surface area contributed by atoms with Gasteiger partial charge in [0.25, 0.3) is 0 Å². The van der Waals surface area contributed by atoms with Crippen LogP contribution in [0.15, 0.2) is 96.2 Å². The molecule has 4 rings (SSSR count). The molecule has 176 valence electrons. The second kappa shape index (κ2) is 11.2. The first-order valence-corrected chi connectivity index (χ1v) is 13.0. The maximum Gasteiger partial charge on any atom is 0.243 e. The lowest BCUT2D eigenvalue weighted by molar-refractivity contribution is 0.381. The molecule has 0 aliphatic carbocycles. The minimum Gasteiger partial charge on any atom is -0.312 e. The summed E-state index contributed by atoms with van der Waals surface area (Å²) in [5.74, 6) is 0.627. The van der Waals surface area contributed by atoms with Gasteiger partial charge in [-0.15, -0.1) is 10.2 Å². The molecule has 0 fully saturated rings. The summed E-state index contributed by atoms with van der Waals surface area (Å²) >= 11 is 0. The number of benzene rings is 3. The van der Waals surface area contributed by atoms with Gasteiger partial charge in [0, 0.05) is 6.54 Å². The highest BCUT2D eigenvalue weighted by Crippen LogP contribution is 2.20. The Morgan fingerprint density at radius 1 is 0.824 bits per heavy atom. The molecule has 1 aromatic heterocycles. The van der Waals surface area contributed by atoms with Crippen molar-refractivity contribution in [3.05, 3.63) is 114 Å². The molecule has 0 aliphatic heterocycles. The van der Waals surface area contributed by atoms with E-state index in [0.29, 0.717) is 23.8 Å². The van der Waals surface area contributed by atoms with Crippen LogP contribution < -0.4 is 0 Å². The molecule has 0 saturated heterocycles. The van der Waals surface area contributed by atoms with Crippen LogP contribution in [0.4, 0.5) is 0 Å². The summed E-state index contributed by atoms with van der Waals surface area (Å²) in [5.41, 5.74) is 3.40. The molecular weight excluding hydrogens is 444 g/mol. The van der Waals surface area contributed by atoms with Crippen LogP contribution in [-0.4, -0.2) is 34.0 Å². The molecule has 0 aliphatic rings. The van der Waals surface area contributed by atoms with E-state index < -0.39 is 10.0 Å². The van der Waals surface area contributed by atoms with Crippen molar-refractivity contribution < 1.29 is 8.42 Å². The van der Waals surface area contributed by atoms with E-state index >= 15 is 0 Å². The Morgan fingerprint density at radius 2 is 1.47 bits per heavy atom. The SMILES string of the molecule is Cc1ccc(S(=O)(=O)N(CCCCc2ccccc2)Cc2nncn2Cc2ccccc2)cc1. The molecule has 3 aromatic carbocycles. The van der Waals surface area contributed by atoms with Gasteiger partial charge in [-0.05, 0) is 49.4 Å². The van der Waals surface area contributed by atoms with Gasteiger partial charge in [-0.2, -0.15) is 4.31 Å². The van der Waals surface area contributed by atoms with Crippen LogP contribution in [0.1, 0.15) is 35.4 Å². The largest absolute Gasteiger partial charge is 0.312 e. The zero-order valence-corrected chi connectivity index (χ0v) is 20.2. The van der Waals surface area contributed by atoms with E-state index in [4.69, 9.17) is 0 Å². The van der Waals surface area contributed by atoms with E-state index in [2.05, 4.69) is 22.3 Å². The van der Waals surface area contributed by atoms with Gasteiger partial charge in [0.2, 0.25) is 10.0 Å². The van der Waals surface area contributed by atoms with Gasteiger partial charge in [-0.25, -0.2) is 8.42 Å². The van der Waals surface area contributed by atoms with Gasteiger partial charge < -0.3 is 4.57 Å². The molecule has 0 atom stereocenters. The minimum absolute atomic E-state index is 0.175. The lowest BCUT2D eigenvalue weighted by Crippen LogP contribution is -2.33. The van der Waals surface area contributed by atoms with Crippen molar-refractivity contribution in [3.8, 4) is 0 Å². The highest BCUT2D eigenvalue weighted by atomic mass is 32.2. The van der Waals surface area contributed by atoms with Gasteiger partial charge in [0.1, 0.15) is 12.2 Å². The average Bonchev–Trinajstić information content (AvgIpc) is 3.29. The van der Waals surface area contributed by atoms with Crippen molar-refractivity contribution in [2.45, 2.75) is 44.2 Å². The fourth-order valence-electron chi connectivity index (χ4n) is 3.88. The third kappa shape index (κ3) is 6.18.